The third kappa shape index (κ3) is 4.94. The highest BCUT2D eigenvalue weighted by Crippen LogP contribution is 2.25. The molecule has 0 spiro atoms. The fourth-order valence-electron chi connectivity index (χ4n) is 3.33. The van der Waals surface area contributed by atoms with Crippen molar-refractivity contribution in [1.29, 1.82) is 0 Å². The molecule has 0 unspecified atom stereocenters. The number of hydrogen-bond acceptors (Lipinski definition) is 3. The zero-order valence-corrected chi connectivity index (χ0v) is 12.6. The van der Waals surface area contributed by atoms with Crippen LogP contribution in [0.3, 0.4) is 0 Å². The maximum atomic E-state index is 12.1. The quantitative estimate of drug-likeness (QED) is 0.797. The van der Waals surface area contributed by atoms with Crippen LogP contribution >= 0.6 is 0 Å². The van der Waals surface area contributed by atoms with Gasteiger partial charge >= 0.3 is 6.03 Å². The van der Waals surface area contributed by atoms with Crippen LogP contribution < -0.4 is 11.1 Å². The Hall–Kier alpha value is -0.810. The summed E-state index contributed by atoms with van der Waals surface area (Å²) in [5.41, 5.74) is 5.56. The first-order chi connectivity index (χ1) is 9.79. The number of nitrogens with two attached hydrogens (primary N) is 1. The lowest BCUT2D eigenvalue weighted by Gasteiger charge is -2.34. The van der Waals surface area contributed by atoms with Gasteiger partial charge in [-0.1, -0.05) is 32.1 Å². The second kappa shape index (κ2) is 8.47. The third-order valence-electron chi connectivity index (χ3n) is 4.66. The van der Waals surface area contributed by atoms with Crippen LogP contribution in [-0.4, -0.2) is 61.6 Å². The van der Waals surface area contributed by atoms with Gasteiger partial charge in [-0.3, -0.25) is 4.90 Å². The molecule has 1 aliphatic heterocycles. The first kappa shape index (κ1) is 15.6. The number of piperazine rings is 1. The molecular weight excluding hydrogens is 252 g/mol. The van der Waals surface area contributed by atoms with Crippen molar-refractivity contribution in [2.75, 3.05) is 45.8 Å². The molecule has 1 saturated heterocycles. The number of nitrogens with one attached hydrogen (secondary N) is 1. The Morgan fingerprint density at radius 3 is 2.45 bits per heavy atom. The monoisotopic (exact) mass is 282 g/mol. The number of carbonyl (C=O) groups is 1. The van der Waals surface area contributed by atoms with Gasteiger partial charge in [0.1, 0.15) is 0 Å². The summed E-state index contributed by atoms with van der Waals surface area (Å²) in [6.07, 6.45) is 8.01. The van der Waals surface area contributed by atoms with Gasteiger partial charge in [-0.05, 0) is 12.3 Å². The van der Waals surface area contributed by atoms with Crippen molar-refractivity contribution in [2.24, 2.45) is 11.7 Å². The summed E-state index contributed by atoms with van der Waals surface area (Å²) < 4.78 is 0. The van der Waals surface area contributed by atoms with Crippen LogP contribution in [0, 0.1) is 5.92 Å². The lowest BCUT2D eigenvalue weighted by Crippen LogP contribution is -2.52. The fourth-order valence-corrected chi connectivity index (χ4v) is 3.33. The molecule has 2 amide bonds. The molecule has 1 saturated carbocycles. The molecule has 0 atom stereocenters. The van der Waals surface area contributed by atoms with E-state index in [0.717, 1.165) is 51.6 Å². The van der Waals surface area contributed by atoms with E-state index in [9.17, 15) is 4.79 Å². The molecule has 0 aromatic carbocycles. The van der Waals surface area contributed by atoms with E-state index in [1.165, 1.54) is 32.1 Å². The molecule has 5 heteroatoms. The molecule has 1 aliphatic carbocycles. The van der Waals surface area contributed by atoms with Crippen molar-refractivity contribution < 1.29 is 4.79 Å². The Kier molecular flexibility index (Phi) is 6.60. The predicted molar refractivity (Wildman–Crippen MR) is 81.7 cm³/mol. The molecular formula is C15H30N4O. The van der Waals surface area contributed by atoms with Crippen LogP contribution in [-0.2, 0) is 0 Å². The van der Waals surface area contributed by atoms with Crippen LogP contribution in [0.4, 0.5) is 4.79 Å². The third-order valence-corrected chi connectivity index (χ3v) is 4.66. The predicted octanol–water partition coefficient (Wildman–Crippen LogP) is 1.24. The van der Waals surface area contributed by atoms with E-state index in [2.05, 4.69) is 10.2 Å². The molecule has 3 N–H and O–H groups in total. The summed E-state index contributed by atoms with van der Waals surface area (Å²) >= 11 is 0. The number of amides is 2. The van der Waals surface area contributed by atoms with Crippen molar-refractivity contribution in [2.45, 2.75) is 38.5 Å². The Bertz CT molecular complexity index is 284. The van der Waals surface area contributed by atoms with Crippen LogP contribution in [0.15, 0.2) is 0 Å². The number of rotatable bonds is 5. The van der Waals surface area contributed by atoms with Crippen molar-refractivity contribution >= 4 is 6.03 Å². The van der Waals surface area contributed by atoms with Gasteiger partial charge in [-0.15, -0.1) is 0 Å². The molecule has 0 bridgehead atoms. The first-order valence-corrected chi connectivity index (χ1v) is 8.25. The van der Waals surface area contributed by atoms with Crippen LogP contribution in [0.25, 0.3) is 0 Å². The van der Waals surface area contributed by atoms with E-state index in [4.69, 9.17) is 5.73 Å². The van der Waals surface area contributed by atoms with Crippen LogP contribution in [0.2, 0.25) is 0 Å². The maximum absolute atomic E-state index is 12.1. The zero-order chi connectivity index (χ0) is 14.2. The Labute approximate surface area is 122 Å². The normalized spacial score (nSPS) is 21.9. The molecule has 2 aliphatic rings. The van der Waals surface area contributed by atoms with Gasteiger partial charge in [0, 0.05) is 45.8 Å². The maximum Gasteiger partial charge on any atom is 0.317 e. The number of nitrogens with zero attached hydrogens (tertiary/aromatic N) is 2. The molecule has 1 heterocycles. The average molecular weight is 282 g/mol. The Morgan fingerprint density at radius 2 is 1.80 bits per heavy atom. The largest absolute Gasteiger partial charge is 0.338 e. The van der Waals surface area contributed by atoms with E-state index in [1.54, 1.807) is 0 Å². The molecule has 20 heavy (non-hydrogen) atoms. The van der Waals surface area contributed by atoms with Crippen molar-refractivity contribution in [3.63, 3.8) is 0 Å². The van der Waals surface area contributed by atoms with Crippen molar-refractivity contribution in [3.8, 4) is 0 Å². The summed E-state index contributed by atoms with van der Waals surface area (Å²) in [6, 6.07) is 0.119. The highest BCUT2D eigenvalue weighted by atomic mass is 16.2. The molecule has 2 fully saturated rings. The van der Waals surface area contributed by atoms with Gasteiger partial charge in [0.2, 0.25) is 0 Å². The lowest BCUT2D eigenvalue weighted by molar-refractivity contribution is 0.141. The molecule has 2 rings (SSSR count). The Morgan fingerprint density at radius 1 is 1.10 bits per heavy atom. The summed E-state index contributed by atoms with van der Waals surface area (Å²) in [5.74, 6) is 0.838. The Balaban J connectivity index is 1.58. The van der Waals surface area contributed by atoms with Gasteiger partial charge in [-0.25, -0.2) is 4.79 Å². The van der Waals surface area contributed by atoms with E-state index >= 15 is 0 Å². The highest BCUT2D eigenvalue weighted by molar-refractivity contribution is 5.74. The van der Waals surface area contributed by atoms with Crippen molar-refractivity contribution in [1.82, 2.24) is 15.1 Å². The van der Waals surface area contributed by atoms with E-state index in [0.29, 0.717) is 6.54 Å². The molecule has 5 nitrogen and oxygen atoms in total. The smallest absolute Gasteiger partial charge is 0.317 e. The highest BCUT2D eigenvalue weighted by Gasteiger charge is 2.20. The topological polar surface area (TPSA) is 61.6 Å². The average Bonchev–Trinajstić information content (AvgIpc) is 2.49. The van der Waals surface area contributed by atoms with Crippen molar-refractivity contribution in [3.05, 3.63) is 0 Å². The van der Waals surface area contributed by atoms with E-state index < -0.39 is 0 Å². The summed E-state index contributed by atoms with van der Waals surface area (Å²) in [6.45, 7) is 6.04. The van der Waals surface area contributed by atoms with Gasteiger partial charge in [0.25, 0.3) is 0 Å². The summed E-state index contributed by atoms with van der Waals surface area (Å²) in [4.78, 5) is 16.3. The van der Waals surface area contributed by atoms with E-state index in [-0.39, 0.29) is 6.03 Å². The second-order valence-electron chi connectivity index (χ2n) is 6.14. The summed E-state index contributed by atoms with van der Waals surface area (Å²) in [5, 5.41) is 3.09. The number of urea groups is 1. The van der Waals surface area contributed by atoms with Gasteiger partial charge in [0.15, 0.2) is 0 Å². The number of carbonyl (C=O) groups excluding carboxylic acids is 1. The van der Waals surface area contributed by atoms with Gasteiger partial charge in [0.05, 0.1) is 0 Å². The van der Waals surface area contributed by atoms with Gasteiger partial charge < -0.3 is 16.0 Å². The second-order valence-corrected chi connectivity index (χ2v) is 6.14. The minimum absolute atomic E-state index is 0.119. The molecule has 0 aromatic heterocycles. The van der Waals surface area contributed by atoms with Crippen LogP contribution in [0.1, 0.15) is 38.5 Å². The zero-order valence-electron chi connectivity index (χ0n) is 12.6. The first-order valence-electron chi connectivity index (χ1n) is 8.25. The standard InChI is InChI=1S/C15H30N4O/c16-7-9-18-10-12-19(13-11-18)15(20)17-8-6-14-4-2-1-3-5-14/h14H,1-13,16H2,(H,17,20). The molecule has 0 aromatic rings. The van der Waals surface area contributed by atoms with Gasteiger partial charge in [-0.2, -0.15) is 0 Å². The van der Waals surface area contributed by atoms with E-state index in [1.807, 2.05) is 4.90 Å². The minimum atomic E-state index is 0.119. The summed E-state index contributed by atoms with van der Waals surface area (Å²) in [7, 11) is 0. The molecule has 116 valence electrons. The fraction of sp³-hybridized carbons (Fsp3) is 0.933. The van der Waals surface area contributed by atoms with Crippen LogP contribution in [0.5, 0.6) is 0 Å². The lowest BCUT2D eigenvalue weighted by atomic mass is 9.87. The SMILES string of the molecule is NCCN1CCN(C(=O)NCCC2CCCCC2)CC1. The number of hydrogen-bond donors (Lipinski definition) is 2. The molecule has 0 radical (unpaired) electrons. The minimum Gasteiger partial charge on any atom is -0.338 e.